The second kappa shape index (κ2) is 7.28. The summed E-state index contributed by atoms with van der Waals surface area (Å²) in [7, 11) is 0. The molecule has 2 aromatic rings. The number of nitrogens with zero attached hydrogens (tertiary/aromatic N) is 1. The Balaban J connectivity index is 2.27. The van der Waals surface area contributed by atoms with Gasteiger partial charge < -0.3 is 9.84 Å². The van der Waals surface area contributed by atoms with Gasteiger partial charge in [0.2, 0.25) is 0 Å². The van der Waals surface area contributed by atoms with E-state index in [4.69, 9.17) is 4.74 Å². The molecule has 4 heteroatoms. The fourth-order valence-corrected chi connectivity index (χ4v) is 2.35. The Bertz CT molecular complexity index is 676. The minimum atomic E-state index is -0.955. The quantitative estimate of drug-likeness (QED) is 0.867. The number of aliphatic carboxylic acids is 1. The molecule has 2 atom stereocenters. The number of ether oxygens (including phenoxy) is 1. The number of benzene rings is 2. The molecular weight excluding hydrogens is 278 g/mol. The highest BCUT2D eigenvalue weighted by atomic mass is 16.5. The van der Waals surface area contributed by atoms with Crippen molar-refractivity contribution in [3.8, 4) is 17.6 Å². The summed E-state index contributed by atoms with van der Waals surface area (Å²) < 4.78 is 5.73. The van der Waals surface area contributed by atoms with Crippen LogP contribution in [0.3, 0.4) is 0 Å². The molecule has 0 aromatic heterocycles. The first-order chi connectivity index (χ1) is 10.7. The lowest BCUT2D eigenvalue weighted by atomic mass is 9.85. The van der Waals surface area contributed by atoms with Gasteiger partial charge in [-0.1, -0.05) is 37.3 Å². The maximum absolute atomic E-state index is 11.3. The van der Waals surface area contributed by atoms with Crippen molar-refractivity contribution in [2.24, 2.45) is 5.92 Å². The highest BCUT2D eigenvalue weighted by Gasteiger charge is 2.28. The first-order valence-electron chi connectivity index (χ1n) is 7.11. The summed E-state index contributed by atoms with van der Waals surface area (Å²) in [6.07, 6.45) is 0.400. The van der Waals surface area contributed by atoms with Gasteiger partial charge in [-0.25, -0.2) is 0 Å². The van der Waals surface area contributed by atoms with Crippen LogP contribution in [-0.2, 0) is 4.79 Å². The van der Waals surface area contributed by atoms with Gasteiger partial charge in [0.15, 0.2) is 0 Å². The van der Waals surface area contributed by atoms with Gasteiger partial charge in [-0.3, -0.25) is 4.79 Å². The number of rotatable bonds is 6. The van der Waals surface area contributed by atoms with Crippen molar-refractivity contribution in [3.05, 3.63) is 60.2 Å². The fourth-order valence-electron chi connectivity index (χ4n) is 2.35. The Labute approximate surface area is 129 Å². The van der Waals surface area contributed by atoms with Crippen molar-refractivity contribution in [1.82, 2.24) is 0 Å². The Morgan fingerprint density at radius 2 is 1.86 bits per heavy atom. The van der Waals surface area contributed by atoms with Crippen LogP contribution in [0.25, 0.3) is 0 Å². The predicted molar refractivity (Wildman–Crippen MR) is 82.7 cm³/mol. The van der Waals surface area contributed by atoms with Crippen molar-refractivity contribution in [2.45, 2.75) is 19.3 Å². The highest BCUT2D eigenvalue weighted by Crippen LogP contribution is 2.30. The Kier molecular flexibility index (Phi) is 5.16. The van der Waals surface area contributed by atoms with Crippen LogP contribution in [0.1, 0.15) is 24.8 Å². The van der Waals surface area contributed by atoms with Crippen molar-refractivity contribution < 1.29 is 14.6 Å². The molecule has 2 unspecified atom stereocenters. The highest BCUT2D eigenvalue weighted by molar-refractivity contribution is 5.72. The fraction of sp³-hybridized carbons (Fsp3) is 0.222. The Hall–Kier alpha value is -2.80. The van der Waals surface area contributed by atoms with Gasteiger partial charge in [0.1, 0.15) is 11.5 Å². The van der Waals surface area contributed by atoms with Crippen LogP contribution in [0.4, 0.5) is 0 Å². The lowest BCUT2D eigenvalue weighted by Crippen LogP contribution is -2.20. The summed E-state index contributed by atoms with van der Waals surface area (Å²) in [5.41, 5.74) is 0.658. The van der Waals surface area contributed by atoms with Crippen LogP contribution in [0.2, 0.25) is 0 Å². The number of para-hydroxylation sites is 1. The summed E-state index contributed by atoms with van der Waals surface area (Å²) in [5, 5.41) is 18.6. The van der Waals surface area contributed by atoms with Crippen LogP contribution in [-0.4, -0.2) is 11.1 Å². The van der Waals surface area contributed by atoms with Crippen LogP contribution < -0.4 is 4.74 Å². The predicted octanol–water partition coefficient (Wildman–Crippen LogP) is 4.20. The molecule has 4 nitrogen and oxygen atoms in total. The molecule has 2 aromatic carbocycles. The third-order valence-electron chi connectivity index (χ3n) is 3.49. The van der Waals surface area contributed by atoms with E-state index >= 15 is 0 Å². The van der Waals surface area contributed by atoms with Crippen molar-refractivity contribution in [3.63, 3.8) is 0 Å². The van der Waals surface area contributed by atoms with E-state index in [0.717, 1.165) is 0 Å². The van der Waals surface area contributed by atoms with E-state index in [1.54, 1.807) is 31.2 Å². The van der Waals surface area contributed by atoms with Gasteiger partial charge in [0.25, 0.3) is 0 Å². The lowest BCUT2D eigenvalue weighted by molar-refractivity contribution is -0.142. The molecule has 0 aliphatic carbocycles. The standard InChI is InChI=1S/C18H17NO3/c1-2-16(18(20)21)17(12-19)13-7-6-10-15(11-13)22-14-8-4-3-5-9-14/h3-11,16-17H,2H2,1H3,(H,20,21). The third kappa shape index (κ3) is 3.64. The van der Waals surface area contributed by atoms with E-state index in [1.165, 1.54) is 0 Å². The number of carbonyl (C=O) groups is 1. The van der Waals surface area contributed by atoms with Gasteiger partial charge >= 0.3 is 5.97 Å². The second-order valence-corrected chi connectivity index (χ2v) is 4.95. The zero-order valence-electron chi connectivity index (χ0n) is 12.3. The first-order valence-corrected chi connectivity index (χ1v) is 7.11. The topological polar surface area (TPSA) is 70.3 Å². The molecule has 112 valence electrons. The summed E-state index contributed by atoms with van der Waals surface area (Å²) >= 11 is 0. The average molecular weight is 295 g/mol. The normalized spacial score (nSPS) is 12.9. The molecule has 1 N–H and O–H groups in total. The van der Waals surface area contributed by atoms with Gasteiger partial charge in [0.05, 0.1) is 17.9 Å². The molecule has 0 spiro atoms. The largest absolute Gasteiger partial charge is 0.481 e. The zero-order valence-corrected chi connectivity index (χ0v) is 12.3. The van der Waals surface area contributed by atoms with Crippen LogP contribution in [0.5, 0.6) is 11.5 Å². The van der Waals surface area contributed by atoms with E-state index in [9.17, 15) is 15.2 Å². The van der Waals surface area contributed by atoms with E-state index in [1.807, 2.05) is 30.3 Å². The molecule has 0 saturated heterocycles. The van der Waals surface area contributed by atoms with Gasteiger partial charge in [-0.15, -0.1) is 0 Å². The lowest BCUT2D eigenvalue weighted by Gasteiger charge is -2.17. The Morgan fingerprint density at radius 1 is 1.18 bits per heavy atom. The third-order valence-corrected chi connectivity index (χ3v) is 3.49. The number of hydrogen-bond donors (Lipinski definition) is 1. The maximum atomic E-state index is 11.3. The minimum Gasteiger partial charge on any atom is -0.481 e. The summed E-state index contributed by atoms with van der Waals surface area (Å²) in [5.74, 6) is -1.09. The van der Waals surface area contributed by atoms with Crippen LogP contribution in [0.15, 0.2) is 54.6 Å². The SMILES string of the molecule is CCC(C(=O)O)C(C#N)c1cccc(Oc2ccccc2)c1. The number of carboxylic acids is 1. The molecule has 0 saturated carbocycles. The smallest absolute Gasteiger partial charge is 0.308 e. The van der Waals surface area contributed by atoms with Gasteiger partial charge in [-0.05, 0) is 36.2 Å². The van der Waals surface area contributed by atoms with Crippen molar-refractivity contribution >= 4 is 5.97 Å². The molecular formula is C18H17NO3. The van der Waals surface area contributed by atoms with Crippen molar-refractivity contribution in [2.75, 3.05) is 0 Å². The molecule has 22 heavy (non-hydrogen) atoms. The second-order valence-electron chi connectivity index (χ2n) is 4.95. The Morgan fingerprint density at radius 3 is 2.45 bits per heavy atom. The summed E-state index contributed by atoms with van der Waals surface area (Å²) in [6, 6.07) is 18.5. The van der Waals surface area contributed by atoms with E-state index in [2.05, 4.69) is 6.07 Å². The van der Waals surface area contributed by atoms with Crippen LogP contribution in [0, 0.1) is 17.2 Å². The summed E-state index contributed by atoms with van der Waals surface area (Å²) in [4.78, 5) is 11.3. The average Bonchev–Trinajstić information content (AvgIpc) is 2.53. The van der Waals surface area contributed by atoms with Crippen molar-refractivity contribution in [1.29, 1.82) is 5.26 Å². The number of nitriles is 1. The van der Waals surface area contributed by atoms with Crippen LogP contribution >= 0.6 is 0 Å². The van der Waals surface area contributed by atoms with Gasteiger partial charge in [-0.2, -0.15) is 5.26 Å². The molecule has 0 amide bonds. The number of hydrogen-bond acceptors (Lipinski definition) is 3. The van der Waals surface area contributed by atoms with E-state index in [0.29, 0.717) is 23.5 Å². The van der Waals surface area contributed by atoms with E-state index < -0.39 is 17.8 Å². The molecule has 0 radical (unpaired) electrons. The van der Waals surface area contributed by atoms with E-state index in [-0.39, 0.29) is 0 Å². The minimum absolute atomic E-state index is 0.400. The molecule has 0 fully saturated rings. The van der Waals surface area contributed by atoms with Gasteiger partial charge in [0, 0.05) is 0 Å². The monoisotopic (exact) mass is 295 g/mol. The first kappa shape index (κ1) is 15.6. The summed E-state index contributed by atoms with van der Waals surface area (Å²) in [6.45, 7) is 1.77. The number of carboxylic acid groups (broad SMARTS) is 1. The molecule has 0 aliphatic heterocycles. The molecule has 2 rings (SSSR count). The molecule has 0 aliphatic rings. The zero-order chi connectivity index (χ0) is 15.9. The maximum Gasteiger partial charge on any atom is 0.308 e. The molecule has 0 bridgehead atoms. The molecule has 0 heterocycles.